The molecule has 0 atom stereocenters. The molecule has 1 amide bonds. The predicted molar refractivity (Wildman–Crippen MR) is 120 cm³/mol. The Morgan fingerprint density at radius 2 is 1.66 bits per heavy atom. The molecule has 1 N–H and O–H groups in total. The molecule has 2 aromatic heterocycles. The van der Waals surface area contributed by atoms with Gasteiger partial charge < -0.3 is 5.32 Å². The summed E-state index contributed by atoms with van der Waals surface area (Å²) in [6.07, 6.45) is 3.23. The van der Waals surface area contributed by atoms with Crippen LogP contribution in [0.2, 0.25) is 5.02 Å². The van der Waals surface area contributed by atoms with Crippen molar-refractivity contribution >= 4 is 17.5 Å². The van der Waals surface area contributed by atoms with Gasteiger partial charge in [-0.15, -0.1) is 0 Å². The Bertz CT molecular complexity index is 1350. The van der Waals surface area contributed by atoms with Crippen molar-refractivity contribution in [1.29, 1.82) is 0 Å². The first-order valence-electron chi connectivity index (χ1n) is 9.74. The molecule has 32 heavy (non-hydrogen) atoms. The number of nitrogens with zero attached hydrogens (tertiary/aromatic N) is 4. The lowest BCUT2D eigenvalue weighted by Crippen LogP contribution is -2.46. The highest BCUT2D eigenvalue weighted by Gasteiger charge is 2.20. The number of rotatable bonds is 6. The Kier molecular flexibility index (Phi) is 6.23. The molecular formula is C23H18ClN5O3. The summed E-state index contributed by atoms with van der Waals surface area (Å²) in [5.74, 6) is -0.691. The number of aromatic nitrogens is 4. The molecule has 4 rings (SSSR count). The summed E-state index contributed by atoms with van der Waals surface area (Å²) in [6.45, 7) is 0.157. The molecule has 0 unspecified atom stereocenters. The molecule has 4 aromatic rings. The van der Waals surface area contributed by atoms with Gasteiger partial charge in [0.15, 0.2) is 0 Å². The molecule has 9 heteroatoms. The second kappa shape index (κ2) is 9.40. The number of halogens is 1. The van der Waals surface area contributed by atoms with Crippen molar-refractivity contribution in [1.82, 2.24) is 24.6 Å². The van der Waals surface area contributed by atoms with Gasteiger partial charge in [0.1, 0.15) is 0 Å². The number of pyridine rings is 1. The van der Waals surface area contributed by atoms with E-state index in [4.69, 9.17) is 11.6 Å². The zero-order chi connectivity index (χ0) is 22.5. The highest BCUT2D eigenvalue weighted by atomic mass is 35.5. The van der Waals surface area contributed by atoms with E-state index in [-0.39, 0.29) is 18.8 Å². The number of benzene rings is 2. The van der Waals surface area contributed by atoms with E-state index in [1.807, 2.05) is 6.07 Å². The molecule has 2 heterocycles. The quantitative estimate of drug-likeness (QED) is 0.489. The average molecular weight is 448 g/mol. The van der Waals surface area contributed by atoms with Gasteiger partial charge >= 0.3 is 5.69 Å². The van der Waals surface area contributed by atoms with Gasteiger partial charge in [0, 0.05) is 24.0 Å². The van der Waals surface area contributed by atoms with Crippen LogP contribution in [-0.2, 0) is 13.1 Å². The van der Waals surface area contributed by atoms with E-state index in [1.54, 1.807) is 73.1 Å². The monoisotopic (exact) mass is 447 g/mol. The Hall–Kier alpha value is -4.04. The van der Waals surface area contributed by atoms with Crippen LogP contribution in [0.3, 0.4) is 0 Å². The van der Waals surface area contributed by atoms with E-state index in [1.165, 1.54) is 0 Å². The average Bonchev–Trinajstić information content (AvgIpc) is 2.82. The largest absolute Gasteiger partial charge is 0.352 e. The van der Waals surface area contributed by atoms with Gasteiger partial charge in [0.05, 0.1) is 12.2 Å². The van der Waals surface area contributed by atoms with Gasteiger partial charge in [-0.2, -0.15) is 9.78 Å². The minimum atomic E-state index is -0.771. The summed E-state index contributed by atoms with van der Waals surface area (Å²) in [5.41, 5.74) is 0.0541. The first-order valence-corrected chi connectivity index (χ1v) is 10.1. The highest BCUT2D eigenvalue weighted by Crippen LogP contribution is 2.11. The van der Waals surface area contributed by atoms with E-state index < -0.39 is 17.2 Å². The molecule has 0 bridgehead atoms. The lowest BCUT2D eigenvalue weighted by atomic mass is 10.2. The van der Waals surface area contributed by atoms with Crippen LogP contribution in [-0.4, -0.2) is 25.2 Å². The SMILES string of the molecule is O=C(NCc1cccnc1)c1nn(-c2ccc(Cl)cc2)c(=O)n(Cc2ccccc2)c1=O. The van der Waals surface area contributed by atoms with Crippen molar-refractivity contribution in [3.63, 3.8) is 0 Å². The Morgan fingerprint density at radius 3 is 2.34 bits per heavy atom. The van der Waals surface area contributed by atoms with Crippen LogP contribution in [0.4, 0.5) is 0 Å². The zero-order valence-electron chi connectivity index (χ0n) is 16.8. The second-order valence-corrected chi connectivity index (χ2v) is 7.38. The Labute approximate surface area is 187 Å². The topological polar surface area (TPSA) is 98.9 Å². The predicted octanol–water partition coefficient (Wildman–Crippen LogP) is 2.42. The molecule has 0 fully saturated rings. The summed E-state index contributed by atoms with van der Waals surface area (Å²) in [7, 11) is 0. The molecule has 0 aliphatic rings. The van der Waals surface area contributed by atoms with E-state index in [0.717, 1.165) is 20.4 Å². The first kappa shape index (κ1) is 21.2. The summed E-state index contributed by atoms with van der Waals surface area (Å²) in [6, 6.07) is 18.9. The minimum absolute atomic E-state index is 0.00248. The van der Waals surface area contributed by atoms with Gasteiger partial charge in [0.25, 0.3) is 11.5 Å². The molecule has 0 saturated carbocycles. The van der Waals surface area contributed by atoms with E-state index >= 15 is 0 Å². The fraction of sp³-hybridized carbons (Fsp3) is 0.0870. The number of hydrogen-bond acceptors (Lipinski definition) is 5. The fourth-order valence-corrected chi connectivity index (χ4v) is 3.21. The summed E-state index contributed by atoms with van der Waals surface area (Å²) < 4.78 is 2.02. The number of hydrogen-bond donors (Lipinski definition) is 1. The summed E-state index contributed by atoms with van der Waals surface area (Å²) in [5, 5.41) is 7.23. The number of carbonyl (C=O) groups excluding carboxylic acids is 1. The van der Waals surface area contributed by atoms with E-state index in [0.29, 0.717) is 10.7 Å². The van der Waals surface area contributed by atoms with E-state index in [9.17, 15) is 14.4 Å². The van der Waals surface area contributed by atoms with Gasteiger partial charge in [-0.1, -0.05) is 48.0 Å². The number of carbonyl (C=O) groups is 1. The molecule has 0 radical (unpaired) electrons. The van der Waals surface area contributed by atoms with E-state index in [2.05, 4.69) is 15.4 Å². The lowest BCUT2D eigenvalue weighted by Gasteiger charge is -2.12. The van der Waals surface area contributed by atoms with Crippen molar-refractivity contribution < 1.29 is 4.79 Å². The molecule has 0 saturated heterocycles. The van der Waals surface area contributed by atoms with Gasteiger partial charge in [0.2, 0.25) is 5.69 Å². The maximum Gasteiger partial charge on any atom is 0.352 e. The van der Waals surface area contributed by atoms with Crippen LogP contribution >= 0.6 is 11.6 Å². The zero-order valence-corrected chi connectivity index (χ0v) is 17.6. The van der Waals surface area contributed by atoms with Gasteiger partial charge in [-0.25, -0.2) is 4.79 Å². The van der Waals surface area contributed by atoms with Crippen LogP contribution in [0.25, 0.3) is 5.69 Å². The van der Waals surface area contributed by atoms with Crippen LogP contribution in [0, 0.1) is 0 Å². The van der Waals surface area contributed by atoms with Crippen molar-refractivity contribution in [2.45, 2.75) is 13.1 Å². The molecular weight excluding hydrogens is 430 g/mol. The fourth-order valence-electron chi connectivity index (χ4n) is 3.08. The maximum absolute atomic E-state index is 13.1. The third-order valence-electron chi connectivity index (χ3n) is 4.71. The smallest absolute Gasteiger partial charge is 0.346 e. The number of amides is 1. The molecule has 160 valence electrons. The molecule has 0 spiro atoms. The summed E-state index contributed by atoms with van der Waals surface area (Å²) >= 11 is 5.95. The van der Waals surface area contributed by atoms with Crippen LogP contribution in [0.1, 0.15) is 21.6 Å². The van der Waals surface area contributed by atoms with Gasteiger partial charge in [-0.05, 0) is 41.5 Å². The maximum atomic E-state index is 13.1. The van der Waals surface area contributed by atoms with Crippen LogP contribution < -0.4 is 16.6 Å². The van der Waals surface area contributed by atoms with Crippen molar-refractivity contribution in [3.05, 3.63) is 122 Å². The van der Waals surface area contributed by atoms with Crippen molar-refractivity contribution in [2.75, 3.05) is 0 Å². The third kappa shape index (κ3) is 4.65. The van der Waals surface area contributed by atoms with Crippen molar-refractivity contribution in [3.8, 4) is 5.69 Å². The Morgan fingerprint density at radius 1 is 0.938 bits per heavy atom. The molecule has 0 aliphatic heterocycles. The van der Waals surface area contributed by atoms with Crippen LogP contribution in [0.15, 0.2) is 88.7 Å². The summed E-state index contributed by atoms with van der Waals surface area (Å²) in [4.78, 5) is 43.0. The molecule has 2 aromatic carbocycles. The van der Waals surface area contributed by atoms with Gasteiger partial charge in [-0.3, -0.25) is 19.1 Å². The first-order chi connectivity index (χ1) is 15.5. The van der Waals surface area contributed by atoms with Crippen LogP contribution in [0.5, 0.6) is 0 Å². The normalized spacial score (nSPS) is 10.7. The molecule has 0 aliphatic carbocycles. The minimum Gasteiger partial charge on any atom is -0.346 e. The lowest BCUT2D eigenvalue weighted by molar-refractivity contribution is 0.0941. The highest BCUT2D eigenvalue weighted by molar-refractivity contribution is 6.30. The third-order valence-corrected chi connectivity index (χ3v) is 4.96. The van der Waals surface area contributed by atoms with Crippen molar-refractivity contribution in [2.24, 2.45) is 0 Å². The molecule has 8 nitrogen and oxygen atoms in total. The Balaban J connectivity index is 1.77. The standard InChI is InChI=1S/C23H18ClN5O3/c24-18-8-10-19(11-9-18)29-23(32)28(15-16-5-2-1-3-6-16)22(31)20(27-29)21(30)26-14-17-7-4-12-25-13-17/h1-13H,14-15H2,(H,26,30). The second-order valence-electron chi connectivity index (χ2n) is 6.94. The number of nitrogens with one attached hydrogen (secondary N) is 1.